The first-order valence-corrected chi connectivity index (χ1v) is 9.49. The molecule has 0 unspecified atom stereocenters. The van der Waals surface area contributed by atoms with Crippen LogP contribution in [-0.2, 0) is 6.18 Å². The number of nitrogens with zero attached hydrogens (tertiary/aromatic N) is 8. The molecule has 154 valence electrons. The first-order chi connectivity index (χ1) is 14.5. The average molecular weight is 414 g/mol. The topological polar surface area (TPSA) is 77.0 Å². The van der Waals surface area contributed by atoms with Crippen LogP contribution in [0.15, 0.2) is 48.9 Å². The summed E-state index contributed by atoms with van der Waals surface area (Å²) in [7, 11) is 0. The van der Waals surface area contributed by atoms with E-state index in [4.69, 9.17) is 0 Å². The SMILES string of the molecule is FC(F)(F)c1ccc(N2CCC(c3nnc4ccc(-n5cccn5)nn34)CC2)nc1. The third kappa shape index (κ3) is 3.36. The van der Waals surface area contributed by atoms with E-state index in [1.165, 1.54) is 6.07 Å². The largest absolute Gasteiger partial charge is 0.417 e. The Hall–Kier alpha value is -3.50. The Balaban J connectivity index is 1.33. The third-order valence-corrected chi connectivity index (χ3v) is 5.27. The Labute approximate surface area is 169 Å². The summed E-state index contributed by atoms with van der Waals surface area (Å²) in [5.74, 6) is 2.14. The fraction of sp³-hybridized carbons (Fsp3) is 0.316. The summed E-state index contributed by atoms with van der Waals surface area (Å²) in [5, 5.41) is 17.4. The van der Waals surface area contributed by atoms with Crippen LogP contribution in [0.4, 0.5) is 19.0 Å². The number of alkyl halides is 3. The number of halogens is 3. The van der Waals surface area contributed by atoms with Crippen LogP contribution < -0.4 is 4.90 Å². The Morgan fingerprint density at radius 3 is 2.43 bits per heavy atom. The van der Waals surface area contributed by atoms with Crippen LogP contribution in [0, 0.1) is 0 Å². The fourth-order valence-corrected chi connectivity index (χ4v) is 3.68. The molecule has 0 bridgehead atoms. The van der Waals surface area contributed by atoms with Crippen LogP contribution in [0.25, 0.3) is 11.5 Å². The maximum Gasteiger partial charge on any atom is 0.417 e. The van der Waals surface area contributed by atoms with E-state index in [1.54, 1.807) is 15.4 Å². The van der Waals surface area contributed by atoms with Gasteiger partial charge in [-0.05, 0) is 43.2 Å². The highest BCUT2D eigenvalue weighted by Crippen LogP contribution is 2.32. The monoisotopic (exact) mass is 414 g/mol. The second-order valence-electron chi connectivity index (χ2n) is 7.13. The average Bonchev–Trinajstić information content (AvgIpc) is 3.43. The second kappa shape index (κ2) is 7.08. The normalized spacial score (nSPS) is 15.8. The van der Waals surface area contributed by atoms with Crippen LogP contribution in [0.3, 0.4) is 0 Å². The molecule has 0 aliphatic carbocycles. The molecule has 1 saturated heterocycles. The van der Waals surface area contributed by atoms with Crippen LogP contribution in [0.5, 0.6) is 0 Å². The standard InChI is InChI=1S/C19H17F3N8/c20-19(21,22)14-2-3-15(23-12-14)28-10-6-13(7-11-28)18-26-25-16-4-5-17(27-30(16)18)29-9-1-8-24-29/h1-5,8-9,12-13H,6-7,10-11H2. The lowest BCUT2D eigenvalue weighted by molar-refractivity contribution is -0.137. The van der Waals surface area contributed by atoms with Crippen molar-refractivity contribution in [2.75, 3.05) is 18.0 Å². The summed E-state index contributed by atoms with van der Waals surface area (Å²) in [6.07, 6.45) is 1.55. The van der Waals surface area contributed by atoms with Crippen molar-refractivity contribution in [3.8, 4) is 5.82 Å². The van der Waals surface area contributed by atoms with E-state index in [0.29, 0.717) is 30.4 Å². The zero-order chi connectivity index (χ0) is 20.7. The zero-order valence-electron chi connectivity index (χ0n) is 15.7. The van der Waals surface area contributed by atoms with Gasteiger partial charge in [0.15, 0.2) is 17.3 Å². The molecule has 8 nitrogen and oxygen atoms in total. The lowest BCUT2D eigenvalue weighted by Crippen LogP contribution is -2.34. The van der Waals surface area contributed by atoms with Gasteiger partial charge >= 0.3 is 6.18 Å². The molecule has 4 aromatic heterocycles. The highest BCUT2D eigenvalue weighted by Gasteiger charge is 2.31. The quantitative estimate of drug-likeness (QED) is 0.513. The number of aromatic nitrogens is 7. The lowest BCUT2D eigenvalue weighted by Gasteiger charge is -2.32. The molecule has 0 aromatic carbocycles. The van der Waals surface area contributed by atoms with Gasteiger partial charge in [-0.1, -0.05) is 0 Å². The van der Waals surface area contributed by atoms with Crippen molar-refractivity contribution >= 4 is 11.5 Å². The predicted octanol–water partition coefficient (Wildman–Crippen LogP) is 3.11. The van der Waals surface area contributed by atoms with Gasteiger partial charge in [0.05, 0.1) is 5.56 Å². The minimum absolute atomic E-state index is 0.145. The predicted molar refractivity (Wildman–Crippen MR) is 101 cm³/mol. The zero-order valence-corrected chi connectivity index (χ0v) is 15.7. The maximum atomic E-state index is 12.7. The number of anilines is 1. The van der Waals surface area contributed by atoms with Crippen molar-refractivity contribution in [2.45, 2.75) is 24.9 Å². The Morgan fingerprint density at radius 1 is 0.967 bits per heavy atom. The second-order valence-corrected chi connectivity index (χ2v) is 7.13. The van der Waals surface area contributed by atoms with E-state index in [9.17, 15) is 13.2 Å². The van der Waals surface area contributed by atoms with E-state index in [0.717, 1.165) is 30.9 Å². The molecule has 30 heavy (non-hydrogen) atoms. The van der Waals surface area contributed by atoms with Crippen molar-refractivity contribution in [1.29, 1.82) is 0 Å². The van der Waals surface area contributed by atoms with E-state index in [1.807, 2.05) is 29.3 Å². The summed E-state index contributed by atoms with van der Waals surface area (Å²) >= 11 is 0. The molecule has 0 atom stereocenters. The molecule has 0 radical (unpaired) electrons. The van der Waals surface area contributed by atoms with Gasteiger partial charge in [0.1, 0.15) is 5.82 Å². The van der Waals surface area contributed by atoms with Crippen molar-refractivity contribution in [3.63, 3.8) is 0 Å². The molecular weight excluding hydrogens is 397 g/mol. The number of hydrogen-bond donors (Lipinski definition) is 0. The van der Waals surface area contributed by atoms with E-state index in [-0.39, 0.29) is 5.92 Å². The third-order valence-electron chi connectivity index (χ3n) is 5.27. The molecule has 5 rings (SSSR count). The van der Waals surface area contributed by atoms with E-state index < -0.39 is 11.7 Å². The van der Waals surface area contributed by atoms with Gasteiger partial charge in [0.25, 0.3) is 0 Å². The molecule has 1 fully saturated rings. The van der Waals surface area contributed by atoms with Gasteiger partial charge in [0, 0.05) is 37.6 Å². The summed E-state index contributed by atoms with van der Waals surface area (Å²) < 4.78 is 41.6. The van der Waals surface area contributed by atoms with Crippen molar-refractivity contribution < 1.29 is 13.2 Å². The smallest absolute Gasteiger partial charge is 0.357 e. The number of fused-ring (bicyclic) bond motifs is 1. The minimum Gasteiger partial charge on any atom is -0.357 e. The molecule has 1 aliphatic rings. The van der Waals surface area contributed by atoms with Gasteiger partial charge in [-0.25, -0.2) is 9.67 Å². The van der Waals surface area contributed by atoms with Crippen LogP contribution in [-0.4, -0.2) is 47.7 Å². The molecule has 5 heterocycles. The van der Waals surface area contributed by atoms with Gasteiger partial charge < -0.3 is 4.90 Å². The maximum absolute atomic E-state index is 12.7. The van der Waals surface area contributed by atoms with Gasteiger partial charge in [-0.15, -0.1) is 15.3 Å². The Kier molecular flexibility index (Phi) is 4.37. The number of rotatable bonds is 3. The number of hydrogen-bond acceptors (Lipinski definition) is 6. The summed E-state index contributed by atoms with van der Waals surface area (Å²) in [4.78, 5) is 5.99. The summed E-state index contributed by atoms with van der Waals surface area (Å²) in [5.41, 5.74) is -0.0807. The highest BCUT2D eigenvalue weighted by molar-refractivity contribution is 5.42. The molecule has 0 spiro atoms. The van der Waals surface area contributed by atoms with Gasteiger partial charge in [0.2, 0.25) is 0 Å². The van der Waals surface area contributed by atoms with Crippen LogP contribution in [0.1, 0.15) is 30.1 Å². The van der Waals surface area contributed by atoms with Crippen molar-refractivity contribution in [2.24, 2.45) is 0 Å². The number of piperidine rings is 1. The summed E-state index contributed by atoms with van der Waals surface area (Å²) in [6, 6.07) is 8.00. The Bertz CT molecular complexity index is 1140. The first kappa shape index (κ1) is 18.5. The molecule has 0 N–H and O–H groups in total. The van der Waals surface area contributed by atoms with Crippen LogP contribution >= 0.6 is 0 Å². The fourth-order valence-electron chi connectivity index (χ4n) is 3.68. The number of pyridine rings is 1. The molecule has 11 heteroatoms. The lowest BCUT2D eigenvalue weighted by atomic mass is 9.96. The van der Waals surface area contributed by atoms with Crippen molar-refractivity contribution in [1.82, 2.24) is 34.6 Å². The van der Waals surface area contributed by atoms with Crippen LogP contribution in [0.2, 0.25) is 0 Å². The molecule has 1 aliphatic heterocycles. The van der Waals surface area contributed by atoms with Gasteiger partial charge in [-0.2, -0.15) is 22.8 Å². The van der Waals surface area contributed by atoms with Gasteiger partial charge in [-0.3, -0.25) is 0 Å². The first-order valence-electron chi connectivity index (χ1n) is 9.49. The molecule has 4 aromatic rings. The Morgan fingerprint density at radius 2 is 1.77 bits per heavy atom. The molecule has 0 saturated carbocycles. The highest BCUT2D eigenvalue weighted by atomic mass is 19.4. The molecule has 0 amide bonds. The summed E-state index contributed by atoms with van der Waals surface area (Å²) in [6.45, 7) is 1.33. The minimum atomic E-state index is -4.38. The van der Waals surface area contributed by atoms with E-state index >= 15 is 0 Å². The molecular formula is C19H17F3N8. The van der Waals surface area contributed by atoms with Crippen molar-refractivity contribution in [3.05, 3.63) is 60.3 Å². The van der Waals surface area contributed by atoms with E-state index in [2.05, 4.69) is 25.4 Å².